The molecule has 1 atom stereocenters. The van der Waals surface area contributed by atoms with E-state index in [0.29, 0.717) is 0 Å². The summed E-state index contributed by atoms with van der Waals surface area (Å²) in [7, 11) is 1.95. The Balaban J connectivity index is 2.25. The van der Waals surface area contributed by atoms with Gasteiger partial charge in [-0.1, -0.05) is 24.6 Å². The molecule has 0 amide bonds. The van der Waals surface area contributed by atoms with Gasteiger partial charge in [0.2, 0.25) is 0 Å². The fourth-order valence-corrected chi connectivity index (χ4v) is 3.41. The number of hydrogen-bond acceptors (Lipinski definition) is 2. The van der Waals surface area contributed by atoms with E-state index in [1.54, 1.807) is 0 Å². The minimum absolute atomic E-state index is 0.0964. The van der Waals surface area contributed by atoms with E-state index in [0.717, 1.165) is 42.9 Å². The van der Waals surface area contributed by atoms with Crippen LogP contribution in [0.25, 0.3) is 0 Å². The molecule has 0 saturated heterocycles. The first-order chi connectivity index (χ1) is 9.43. The minimum Gasteiger partial charge on any atom is -0.324 e. The van der Waals surface area contributed by atoms with E-state index in [1.165, 1.54) is 0 Å². The highest BCUT2D eigenvalue weighted by Gasteiger charge is 2.17. The van der Waals surface area contributed by atoms with Gasteiger partial charge in [0.05, 0.1) is 20.9 Å². The van der Waals surface area contributed by atoms with Gasteiger partial charge in [0.1, 0.15) is 0 Å². The van der Waals surface area contributed by atoms with Crippen molar-refractivity contribution in [3.05, 3.63) is 48.2 Å². The topological polar surface area (TPSA) is 43.8 Å². The van der Waals surface area contributed by atoms with E-state index in [9.17, 15) is 0 Å². The molecule has 108 valence electrons. The maximum absolute atomic E-state index is 6.31. The van der Waals surface area contributed by atoms with Crippen molar-refractivity contribution in [3.8, 4) is 0 Å². The number of nitrogens with zero attached hydrogens (tertiary/aromatic N) is 2. The van der Waals surface area contributed by atoms with Gasteiger partial charge in [0.15, 0.2) is 0 Å². The van der Waals surface area contributed by atoms with Gasteiger partial charge in [-0.2, -0.15) is 5.10 Å². The van der Waals surface area contributed by atoms with Crippen molar-refractivity contribution in [3.63, 3.8) is 0 Å². The van der Waals surface area contributed by atoms with Crippen LogP contribution in [0.2, 0.25) is 5.02 Å². The van der Waals surface area contributed by atoms with E-state index >= 15 is 0 Å². The molecule has 2 N–H and O–H groups in total. The average Bonchev–Trinajstić information content (AvgIpc) is 2.69. The van der Waals surface area contributed by atoms with Crippen LogP contribution < -0.4 is 5.73 Å². The van der Waals surface area contributed by atoms with Crippen molar-refractivity contribution >= 4 is 50.1 Å². The molecule has 0 bridgehead atoms. The number of aromatic nitrogens is 2. The quantitative estimate of drug-likeness (QED) is 0.682. The second kappa shape index (κ2) is 6.77. The number of aryl methyl sites for hydroxylation is 2. The first-order valence-electron chi connectivity index (χ1n) is 6.34. The van der Waals surface area contributed by atoms with Crippen molar-refractivity contribution in [1.29, 1.82) is 0 Å². The molecule has 2 aromatic rings. The third-order valence-electron chi connectivity index (χ3n) is 3.29. The van der Waals surface area contributed by atoms with Gasteiger partial charge in [-0.3, -0.25) is 4.68 Å². The molecule has 1 unspecified atom stereocenters. The smallest absolute Gasteiger partial charge is 0.0766 e. The monoisotopic (exact) mass is 467 g/mol. The second-order valence-corrected chi connectivity index (χ2v) is 7.03. The first kappa shape index (κ1) is 16.3. The van der Waals surface area contributed by atoms with Crippen molar-refractivity contribution in [2.75, 3.05) is 0 Å². The maximum atomic E-state index is 6.31. The van der Waals surface area contributed by atoms with Crippen molar-refractivity contribution in [1.82, 2.24) is 9.78 Å². The summed E-state index contributed by atoms with van der Waals surface area (Å²) in [5.74, 6) is 0. The molecule has 0 aliphatic carbocycles. The van der Waals surface area contributed by atoms with Gasteiger partial charge >= 0.3 is 0 Å². The summed E-state index contributed by atoms with van der Waals surface area (Å²) in [6, 6.07) is 5.87. The minimum atomic E-state index is -0.0964. The summed E-state index contributed by atoms with van der Waals surface area (Å²) in [6.45, 7) is 2.09. The van der Waals surface area contributed by atoms with Gasteiger partial charge in [-0.25, -0.2) is 0 Å². The molecule has 0 aliphatic heterocycles. The zero-order valence-electron chi connectivity index (χ0n) is 11.3. The number of rotatable bonds is 4. The normalized spacial score (nSPS) is 12.7. The third-order valence-corrected chi connectivity index (χ3v) is 5.78. The Labute approximate surface area is 146 Å². The van der Waals surface area contributed by atoms with Crippen LogP contribution in [0.5, 0.6) is 0 Å². The Kier molecular flexibility index (Phi) is 5.50. The van der Waals surface area contributed by atoms with Crippen molar-refractivity contribution in [2.24, 2.45) is 12.8 Å². The molecule has 6 heteroatoms. The lowest BCUT2D eigenvalue weighted by Crippen LogP contribution is -2.15. The highest BCUT2D eigenvalue weighted by molar-refractivity contribution is 14.1. The Morgan fingerprint density at radius 1 is 1.50 bits per heavy atom. The molecule has 20 heavy (non-hydrogen) atoms. The molecule has 3 nitrogen and oxygen atoms in total. The molecule has 2 rings (SSSR count). The van der Waals surface area contributed by atoms with Crippen molar-refractivity contribution in [2.45, 2.75) is 25.8 Å². The molecular formula is C14H16BrClIN3. The molecule has 1 aromatic heterocycles. The third kappa shape index (κ3) is 3.37. The highest BCUT2D eigenvalue weighted by Crippen LogP contribution is 2.28. The van der Waals surface area contributed by atoms with Crippen LogP contribution in [-0.4, -0.2) is 9.78 Å². The number of benzene rings is 1. The molecule has 1 aromatic carbocycles. The lowest BCUT2D eigenvalue weighted by Gasteiger charge is -2.13. The summed E-state index contributed by atoms with van der Waals surface area (Å²) >= 11 is 12.0. The van der Waals surface area contributed by atoms with Crippen LogP contribution in [0.3, 0.4) is 0 Å². The lowest BCUT2D eigenvalue weighted by atomic mass is 10.0. The molecular weight excluding hydrogens is 452 g/mol. The molecule has 0 aliphatic rings. The average molecular weight is 469 g/mol. The number of nitrogens with two attached hydrogens (primary N) is 1. The van der Waals surface area contributed by atoms with Gasteiger partial charge < -0.3 is 5.73 Å². The Bertz CT molecular complexity index is 627. The molecule has 0 fully saturated rings. The van der Waals surface area contributed by atoms with Gasteiger partial charge in [0.25, 0.3) is 0 Å². The molecule has 0 spiro atoms. The van der Waals surface area contributed by atoms with E-state index in [2.05, 4.69) is 50.5 Å². The van der Waals surface area contributed by atoms with E-state index in [1.807, 2.05) is 29.9 Å². The Morgan fingerprint density at radius 3 is 2.75 bits per heavy atom. The van der Waals surface area contributed by atoms with Gasteiger partial charge in [-0.05, 0) is 62.6 Å². The maximum Gasteiger partial charge on any atom is 0.0766 e. The SMILES string of the molecule is CCc1nn(C)c(CC(N)c2ccc(I)c(Cl)c2)c1Br. The molecule has 1 heterocycles. The largest absolute Gasteiger partial charge is 0.324 e. The van der Waals surface area contributed by atoms with Crippen LogP contribution in [0.4, 0.5) is 0 Å². The number of halogens is 3. The van der Waals surface area contributed by atoms with E-state index in [4.69, 9.17) is 17.3 Å². The van der Waals surface area contributed by atoms with Crippen molar-refractivity contribution < 1.29 is 0 Å². The Morgan fingerprint density at radius 2 is 2.20 bits per heavy atom. The van der Waals surface area contributed by atoms with Gasteiger partial charge in [-0.15, -0.1) is 0 Å². The van der Waals surface area contributed by atoms with Crippen LogP contribution in [0.1, 0.15) is 29.9 Å². The predicted octanol–water partition coefficient (Wildman–Crippen LogP) is 4.25. The fourth-order valence-electron chi connectivity index (χ4n) is 2.11. The zero-order chi connectivity index (χ0) is 14.9. The predicted molar refractivity (Wildman–Crippen MR) is 95.1 cm³/mol. The molecule has 0 saturated carbocycles. The lowest BCUT2D eigenvalue weighted by molar-refractivity contribution is 0.637. The fraction of sp³-hybridized carbons (Fsp3) is 0.357. The summed E-state index contributed by atoms with van der Waals surface area (Å²) in [4.78, 5) is 0. The Hall–Kier alpha value is -0.110. The van der Waals surface area contributed by atoms with E-state index in [-0.39, 0.29) is 6.04 Å². The van der Waals surface area contributed by atoms with Crippen LogP contribution in [0.15, 0.2) is 22.7 Å². The number of hydrogen-bond donors (Lipinski definition) is 1. The summed E-state index contributed by atoms with van der Waals surface area (Å²) < 4.78 is 4.00. The second-order valence-electron chi connectivity index (χ2n) is 4.67. The van der Waals surface area contributed by atoms with Crippen LogP contribution in [-0.2, 0) is 19.9 Å². The van der Waals surface area contributed by atoms with Crippen LogP contribution in [0, 0.1) is 3.57 Å². The summed E-state index contributed by atoms with van der Waals surface area (Å²) in [6.07, 6.45) is 1.63. The summed E-state index contributed by atoms with van der Waals surface area (Å²) in [5.41, 5.74) is 9.53. The molecule has 0 radical (unpaired) electrons. The standard InChI is InChI=1S/C14H16BrClIN3/c1-3-12-14(15)13(20(2)19-12)7-11(18)8-4-5-10(17)9(16)6-8/h4-6,11H,3,7,18H2,1-2H3. The first-order valence-corrected chi connectivity index (χ1v) is 8.59. The van der Waals surface area contributed by atoms with Crippen LogP contribution >= 0.6 is 50.1 Å². The zero-order valence-corrected chi connectivity index (χ0v) is 15.8. The summed E-state index contributed by atoms with van der Waals surface area (Å²) in [5, 5.41) is 5.24. The highest BCUT2D eigenvalue weighted by atomic mass is 127. The van der Waals surface area contributed by atoms with Gasteiger partial charge in [0, 0.05) is 23.1 Å². The van der Waals surface area contributed by atoms with E-state index < -0.39 is 0 Å².